The Labute approximate surface area is 88.4 Å². The molecule has 6 nitrogen and oxygen atoms in total. The van der Waals surface area contributed by atoms with Gasteiger partial charge in [0.2, 0.25) is 0 Å². The van der Waals surface area contributed by atoms with Crippen LogP contribution in [0.2, 0.25) is 0 Å². The number of rotatable bonds is 8. The fraction of sp³-hybridized carbons (Fsp3) is 0.778. The number of carbonyl (C=O) groups excluding carboxylic acids is 2. The largest absolute Gasteiger partial charge is 0.463 e. The standard InChI is InChI=1S/C9H16O6/c1-12-3-5-14-8(10)7-9(11)15-6-4-13-2/h3-7H2,1-2H3. The maximum Gasteiger partial charge on any atom is 0.317 e. The van der Waals surface area contributed by atoms with Crippen LogP contribution in [-0.2, 0) is 28.5 Å². The zero-order valence-corrected chi connectivity index (χ0v) is 8.99. The Bertz CT molecular complexity index is 171. The van der Waals surface area contributed by atoms with Gasteiger partial charge >= 0.3 is 11.9 Å². The van der Waals surface area contributed by atoms with Crippen molar-refractivity contribution in [3.63, 3.8) is 0 Å². The van der Waals surface area contributed by atoms with E-state index in [9.17, 15) is 9.59 Å². The van der Waals surface area contributed by atoms with Crippen molar-refractivity contribution in [2.75, 3.05) is 40.6 Å². The zero-order chi connectivity index (χ0) is 11.5. The van der Waals surface area contributed by atoms with Gasteiger partial charge in [0.05, 0.1) is 13.2 Å². The molecule has 0 spiro atoms. The topological polar surface area (TPSA) is 71.1 Å². The van der Waals surface area contributed by atoms with E-state index in [4.69, 9.17) is 0 Å². The minimum absolute atomic E-state index is 0.140. The summed E-state index contributed by atoms with van der Waals surface area (Å²) >= 11 is 0. The third kappa shape index (κ3) is 9.17. The predicted molar refractivity (Wildman–Crippen MR) is 50.3 cm³/mol. The quantitative estimate of drug-likeness (QED) is 0.319. The number of hydrogen-bond acceptors (Lipinski definition) is 6. The Balaban J connectivity index is 3.45. The molecule has 6 heteroatoms. The van der Waals surface area contributed by atoms with Gasteiger partial charge in [0, 0.05) is 14.2 Å². The second-order valence-electron chi connectivity index (χ2n) is 2.60. The Kier molecular flexibility index (Phi) is 8.70. The molecule has 0 saturated heterocycles. The summed E-state index contributed by atoms with van der Waals surface area (Å²) in [6, 6.07) is 0. The number of carbonyl (C=O) groups is 2. The highest BCUT2D eigenvalue weighted by Crippen LogP contribution is 1.91. The van der Waals surface area contributed by atoms with Gasteiger partial charge in [-0.05, 0) is 0 Å². The van der Waals surface area contributed by atoms with Crippen LogP contribution in [0.25, 0.3) is 0 Å². The molecule has 0 aromatic rings. The van der Waals surface area contributed by atoms with E-state index >= 15 is 0 Å². The first-order chi connectivity index (χ1) is 7.20. The SMILES string of the molecule is COCCOC(=O)CC(=O)OCCOC. The second kappa shape index (κ2) is 9.42. The molecule has 0 aromatic heterocycles. The van der Waals surface area contributed by atoms with Crippen LogP contribution < -0.4 is 0 Å². The molecule has 0 unspecified atom stereocenters. The number of esters is 2. The number of methoxy groups -OCH3 is 2. The van der Waals surface area contributed by atoms with Crippen LogP contribution in [0.1, 0.15) is 6.42 Å². The van der Waals surface area contributed by atoms with E-state index < -0.39 is 11.9 Å². The molecule has 0 aromatic carbocycles. The summed E-state index contributed by atoms with van der Waals surface area (Å²) in [5.74, 6) is -1.23. The summed E-state index contributed by atoms with van der Waals surface area (Å²) in [7, 11) is 2.99. The van der Waals surface area contributed by atoms with Crippen LogP contribution >= 0.6 is 0 Å². The summed E-state index contributed by atoms with van der Waals surface area (Å²) in [6.07, 6.45) is -0.382. The molecule has 0 bridgehead atoms. The number of ether oxygens (including phenoxy) is 4. The molecule has 0 rings (SSSR count). The minimum Gasteiger partial charge on any atom is -0.463 e. The Morgan fingerprint density at radius 2 is 1.20 bits per heavy atom. The van der Waals surface area contributed by atoms with E-state index in [0.717, 1.165) is 0 Å². The van der Waals surface area contributed by atoms with Crippen molar-refractivity contribution in [3.05, 3.63) is 0 Å². The van der Waals surface area contributed by atoms with Crippen molar-refractivity contribution < 1.29 is 28.5 Å². The number of hydrogen-bond donors (Lipinski definition) is 0. The summed E-state index contributed by atoms with van der Waals surface area (Å²) in [5, 5.41) is 0. The van der Waals surface area contributed by atoms with Gasteiger partial charge in [-0.2, -0.15) is 0 Å². The smallest absolute Gasteiger partial charge is 0.317 e. The average molecular weight is 220 g/mol. The Morgan fingerprint density at radius 3 is 1.53 bits per heavy atom. The molecular formula is C9H16O6. The van der Waals surface area contributed by atoms with Crippen molar-refractivity contribution >= 4 is 11.9 Å². The highest BCUT2D eigenvalue weighted by molar-refractivity contribution is 5.91. The molecule has 88 valence electrons. The molecule has 0 saturated carbocycles. The fourth-order valence-electron chi connectivity index (χ4n) is 0.698. The van der Waals surface area contributed by atoms with E-state index in [-0.39, 0.29) is 19.6 Å². The average Bonchev–Trinajstić information content (AvgIpc) is 2.18. The van der Waals surface area contributed by atoms with E-state index in [1.54, 1.807) is 0 Å². The normalized spacial score (nSPS) is 9.73. The second-order valence-corrected chi connectivity index (χ2v) is 2.60. The minimum atomic E-state index is -0.616. The highest BCUT2D eigenvalue weighted by atomic mass is 16.6. The molecule has 15 heavy (non-hydrogen) atoms. The van der Waals surface area contributed by atoms with Crippen LogP contribution in [-0.4, -0.2) is 52.6 Å². The maximum absolute atomic E-state index is 11.0. The third-order valence-corrected chi connectivity index (χ3v) is 1.39. The van der Waals surface area contributed by atoms with Crippen LogP contribution in [0.5, 0.6) is 0 Å². The van der Waals surface area contributed by atoms with Crippen molar-refractivity contribution in [2.45, 2.75) is 6.42 Å². The fourth-order valence-corrected chi connectivity index (χ4v) is 0.698. The van der Waals surface area contributed by atoms with Gasteiger partial charge in [0.1, 0.15) is 19.6 Å². The summed E-state index contributed by atoms with van der Waals surface area (Å²) in [5.41, 5.74) is 0. The summed E-state index contributed by atoms with van der Waals surface area (Å²) in [6.45, 7) is 0.899. The summed E-state index contributed by atoms with van der Waals surface area (Å²) < 4.78 is 18.7. The molecule has 0 aliphatic heterocycles. The molecule has 0 heterocycles. The Hall–Kier alpha value is -1.14. The van der Waals surface area contributed by atoms with E-state index in [1.165, 1.54) is 14.2 Å². The molecule has 0 radical (unpaired) electrons. The molecule has 0 aliphatic rings. The van der Waals surface area contributed by atoms with Crippen molar-refractivity contribution in [1.82, 2.24) is 0 Å². The van der Waals surface area contributed by atoms with Crippen LogP contribution in [0.4, 0.5) is 0 Å². The van der Waals surface area contributed by atoms with Crippen molar-refractivity contribution in [1.29, 1.82) is 0 Å². The lowest BCUT2D eigenvalue weighted by atomic mass is 10.4. The molecular weight excluding hydrogens is 204 g/mol. The van der Waals surface area contributed by atoms with Crippen LogP contribution in [0.15, 0.2) is 0 Å². The van der Waals surface area contributed by atoms with Crippen LogP contribution in [0.3, 0.4) is 0 Å². The zero-order valence-electron chi connectivity index (χ0n) is 8.99. The van der Waals surface area contributed by atoms with Crippen molar-refractivity contribution in [2.24, 2.45) is 0 Å². The maximum atomic E-state index is 11.0. The lowest BCUT2D eigenvalue weighted by Crippen LogP contribution is -2.17. The van der Waals surface area contributed by atoms with Gasteiger partial charge in [-0.15, -0.1) is 0 Å². The van der Waals surface area contributed by atoms with Gasteiger partial charge in [-0.25, -0.2) is 0 Å². The first kappa shape index (κ1) is 13.9. The monoisotopic (exact) mass is 220 g/mol. The van der Waals surface area contributed by atoms with E-state index in [1.807, 2.05) is 0 Å². The lowest BCUT2D eigenvalue weighted by molar-refractivity contribution is -0.155. The summed E-state index contributed by atoms with van der Waals surface area (Å²) in [4.78, 5) is 21.9. The predicted octanol–water partition coefficient (Wildman–Crippen LogP) is -0.244. The van der Waals surface area contributed by atoms with E-state index in [0.29, 0.717) is 13.2 Å². The first-order valence-electron chi connectivity index (χ1n) is 4.49. The van der Waals surface area contributed by atoms with Gasteiger partial charge in [0.25, 0.3) is 0 Å². The first-order valence-corrected chi connectivity index (χ1v) is 4.49. The molecule has 0 fully saturated rings. The van der Waals surface area contributed by atoms with E-state index in [2.05, 4.69) is 18.9 Å². The van der Waals surface area contributed by atoms with Crippen LogP contribution in [0, 0.1) is 0 Å². The molecule has 0 atom stereocenters. The lowest BCUT2D eigenvalue weighted by Gasteiger charge is -2.04. The molecule has 0 amide bonds. The Morgan fingerprint density at radius 1 is 0.800 bits per heavy atom. The highest BCUT2D eigenvalue weighted by Gasteiger charge is 2.11. The van der Waals surface area contributed by atoms with Gasteiger partial charge in [-0.1, -0.05) is 0 Å². The van der Waals surface area contributed by atoms with Gasteiger partial charge in [0.15, 0.2) is 0 Å². The third-order valence-electron chi connectivity index (χ3n) is 1.39. The van der Waals surface area contributed by atoms with Gasteiger partial charge < -0.3 is 18.9 Å². The molecule has 0 N–H and O–H groups in total. The molecule has 0 aliphatic carbocycles. The van der Waals surface area contributed by atoms with Crippen molar-refractivity contribution in [3.8, 4) is 0 Å². The van der Waals surface area contributed by atoms with Gasteiger partial charge in [-0.3, -0.25) is 9.59 Å².